The van der Waals surface area contributed by atoms with Crippen molar-refractivity contribution in [3.05, 3.63) is 83.6 Å². The number of allylic oxidation sites excluding steroid dienone is 12. The van der Waals surface area contributed by atoms with Gasteiger partial charge in [0.15, 0.2) is 0 Å². The van der Waals surface area contributed by atoms with Crippen molar-refractivity contribution in [1.82, 2.24) is 0 Å². The Morgan fingerprint density at radius 3 is 1.60 bits per heavy atom. The zero-order valence-electron chi connectivity index (χ0n) is 20.9. The van der Waals surface area contributed by atoms with Crippen LogP contribution in [0.2, 0.25) is 0 Å². The molecule has 1 atom stereocenters. The molecule has 0 heteroatoms. The summed E-state index contributed by atoms with van der Waals surface area (Å²) in [5.41, 5.74) is 7.18. The molecule has 0 nitrogen and oxygen atoms in total. The third-order valence-corrected chi connectivity index (χ3v) is 5.42. The van der Waals surface area contributed by atoms with Gasteiger partial charge in [0.1, 0.15) is 0 Å². The molecule has 0 rings (SSSR count). The van der Waals surface area contributed by atoms with Crippen LogP contribution in [0.25, 0.3) is 0 Å². The molecule has 0 aliphatic heterocycles. The maximum atomic E-state index is 4.06. The van der Waals surface area contributed by atoms with Crippen LogP contribution in [-0.4, -0.2) is 0 Å². The fourth-order valence-corrected chi connectivity index (χ4v) is 3.33. The maximum Gasteiger partial charge on any atom is -0.0198 e. The van der Waals surface area contributed by atoms with Gasteiger partial charge in [-0.25, -0.2) is 0 Å². The van der Waals surface area contributed by atoms with E-state index in [1.165, 1.54) is 40.7 Å². The second-order valence-corrected chi connectivity index (χ2v) is 9.07. The minimum absolute atomic E-state index is 0.545. The van der Waals surface area contributed by atoms with Crippen LogP contribution >= 0.6 is 0 Å². The molecule has 168 valence electrons. The SMILES string of the molecule is C=C/C(=C\CC(C=C)CC/C=C(\C)CCC=C(C)C)CC/C=C(\C)CCC=C(C)C. The van der Waals surface area contributed by atoms with Crippen LogP contribution in [0.5, 0.6) is 0 Å². The quantitative estimate of drug-likeness (QED) is 0.176. The first-order valence-corrected chi connectivity index (χ1v) is 11.8. The highest BCUT2D eigenvalue weighted by Gasteiger charge is 2.03. The maximum absolute atomic E-state index is 4.06. The molecule has 0 aromatic heterocycles. The van der Waals surface area contributed by atoms with Crippen molar-refractivity contribution < 1.29 is 0 Å². The van der Waals surface area contributed by atoms with Crippen LogP contribution in [0.1, 0.15) is 99.3 Å². The van der Waals surface area contributed by atoms with Gasteiger partial charge in [-0.1, -0.05) is 77.0 Å². The summed E-state index contributed by atoms with van der Waals surface area (Å²) in [5, 5.41) is 0. The lowest BCUT2D eigenvalue weighted by Crippen LogP contribution is -1.95. The van der Waals surface area contributed by atoms with Gasteiger partial charge >= 0.3 is 0 Å². The Bertz CT molecular complexity index is 638. The highest BCUT2D eigenvalue weighted by molar-refractivity contribution is 5.18. The zero-order chi connectivity index (χ0) is 22.8. The summed E-state index contributed by atoms with van der Waals surface area (Å²) in [4.78, 5) is 0. The summed E-state index contributed by atoms with van der Waals surface area (Å²) in [6.45, 7) is 21.3. The molecule has 0 N–H and O–H groups in total. The number of hydrogen-bond acceptors (Lipinski definition) is 0. The molecule has 0 heterocycles. The van der Waals surface area contributed by atoms with E-state index < -0.39 is 0 Å². The van der Waals surface area contributed by atoms with Crippen molar-refractivity contribution in [2.45, 2.75) is 99.3 Å². The molecule has 30 heavy (non-hydrogen) atoms. The fraction of sp³-hybridized carbons (Fsp3) is 0.533. The Kier molecular flexibility index (Phi) is 16.9. The van der Waals surface area contributed by atoms with Crippen LogP contribution in [0, 0.1) is 5.92 Å². The predicted octanol–water partition coefficient (Wildman–Crippen LogP) is 10.2. The summed E-state index contributed by atoms with van der Waals surface area (Å²) >= 11 is 0. The summed E-state index contributed by atoms with van der Waals surface area (Å²) in [6, 6.07) is 0. The van der Waals surface area contributed by atoms with Crippen molar-refractivity contribution in [2.24, 2.45) is 5.92 Å². The van der Waals surface area contributed by atoms with Gasteiger partial charge in [-0.15, -0.1) is 6.58 Å². The lowest BCUT2D eigenvalue weighted by Gasteiger charge is -2.10. The Labute approximate surface area is 188 Å². The normalized spacial score (nSPS) is 13.6. The Morgan fingerprint density at radius 1 is 0.633 bits per heavy atom. The lowest BCUT2D eigenvalue weighted by atomic mass is 9.96. The molecule has 1 unspecified atom stereocenters. The molecule has 0 amide bonds. The van der Waals surface area contributed by atoms with Gasteiger partial charge in [-0.2, -0.15) is 0 Å². The first kappa shape index (κ1) is 28.2. The summed E-state index contributed by atoms with van der Waals surface area (Å²) < 4.78 is 0. The topological polar surface area (TPSA) is 0 Å². The van der Waals surface area contributed by atoms with E-state index in [1.807, 2.05) is 6.08 Å². The first-order valence-electron chi connectivity index (χ1n) is 11.8. The van der Waals surface area contributed by atoms with Crippen molar-refractivity contribution in [3.8, 4) is 0 Å². The van der Waals surface area contributed by atoms with Crippen LogP contribution in [-0.2, 0) is 0 Å². The molecule has 0 saturated carbocycles. The Morgan fingerprint density at radius 2 is 1.13 bits per heavy atom. The molecule has 0 saturated heterocycles. The van der Waals surface area contributed by atoms with Crippen molar-refractivity contribution in [2.75, 3.05) is 0 Å². The molecular formula is C30H48. The van der Waals surface area contributed by atoms with Gasteiger partial charge in [0.25, 0.3) is 0 Å². The van der Waals surface area contributed by atoms with E-state index in [1.54, 1.807) is 0 Å². The second kappa shape index (κ2) is 18.0. The van der Waals surface area contributed by atoms with Crippen molar-refractivity contribution >= 4 is 0 Å². The lowest BCUT2D eigenvalue weighted by molar-refractivity contribution is 0.604. The monoisotopic (exact) mass is 408 g/mol. The standard InChI is InChI=1S/C30H48/c1-9-29(21-13-19-27(7)17-11-15-25(3)4)23-24-30(10-2)22-14-20-28(8)18-12-16-26(5)6/h9-10,15-16,19-20,23,30H,1-2,11-14,17-18,21-22,24H2,3-8H3/b27-19+,28-20+,29-23+. The van der Waals surface area contributed by atoms with Crippen LogP contribution in [0.3, 0.4) is 0 Å². The molecule has 0 radical (unpaired) electrons. The van der Waals surface area contributed by atoms with Gasteiger partial charge in [0.05, 0.1) is 0 Å². The molecule has 0 aromatic carbocycles. The van der Waals surface area contributed by atoms with Crippen LogP contribution in [0.4, 0.5) is 0 Å². The highest BCUT2D eigenvalue weighted by Crippen LogP contribution is 2.19. The van der Waals surface area contributed by atoms with Gasteiger partial charge in [-0.05, 0) is 105 Å². The van der Waals surface area contributed by atoms with E-state index in [0.717, 1.165) is 44.9 Å². The molecule has 0 aromatic rings. The Hall–Kier alpha value is -1.82. The van der Waals surface area contributed by atoms with E-state index in [-0.39, 0.29) is 0 Å². The minimum Gasteiger partial charge on any atom is -0.103 e. The summed E-state index contributed by atoms with van der Waals surface area (Å²) in [7, 11) is 0. The molecule has 0 aliphatic carbocycles. The third-order valence-electron chi connectivity index (χ3n) is 5.42. The molecule has 0 fully saturated rings. The number of hydrogen-bond donors (Lipinski definition) is 0. The molecule has 0 aliphatic rings. The van der Waals surface area contributed by atoms with Crippen molar-refractivity contribution in [3.63, 3.8) is 0 Å². The predicted molar refractivity (Wildman–Crippen MR) is 140 cm³/mol. The minimum atomic E-state index is 0.545. The van der Waals surface area contributed by atoms with E-state index in [9.17, 15) is 0 Å². The Balaban J connectivity index is 4.41. The fourth-order valence-electron chi connectivity index (χ4n) is 3.33. The zero-order valence-corrected chi connectivity index (χ0v) is 20.9. The summed E-state index contributed by atoms with van der Waals surface area (Å²) in [5.74, 6) is 0.545. The van der Waals surface area contributed by atoms with E-state index in [0.29, 0.717) is 5.92 Å². The van der Waals surface area contributed by atoms with Crippen LogP contribution in [0.15, 0.2) is 83.6 Å². The largest absolute Gasteiger partial charge is 0.103 e. The number of rotatable bonds is 16. The van der Waals surface area contributed by atoms with E-state index >= 15 is 0 Å². The molecule has 0 bridgehead atoms. The smallest absolute Gasteiger partial charge is 0.0198 e. The third kappa shape index (κ3) is 17.1. The van der Waals surface area contributed by atoms with Crippen LogP contribution < -0.4 is 0 Å². The van der Waals surface area contributed by atoms with E-state index in [2.05, 4.69) is 91.2 Å². The average Bonchev–Trinajstić information content (AvgIpc) is 2.68. The van der Waals surface area contributed by atoms with Gasteiger partial charge in [0.2, 0.25) is 0 Å². The van der Waals surface area contributed by atoms with Gasteiger partial charge in [-0.3, -0.25) is 0 Å². The van der Waals surface area contributed by atoms with Crippen molar-refractivity contribution in [1.29, 1.82) is 0 Å². The van der Waals surface area contributed by atoms with Gasteiger partial charge in [0, 0.05) is 0 Å². The van der Waals surface area contributed by atoms with E-state index in [4.69, 9.17) is 0 Å². The summed E-state index contributed by atoms with van der Waals surface area (Å²) in [6.07, 6.45) is 26.2. The average molecular weight is 409 g/mol. The van der Waals surface area contributed by atoms with Gasteiger partial charge < -0.3 is 0 Å². The highest BCUT2D eigenvalue weighted by atomic mass is 14.1. The second-order valence-electron chi connectivity index (χ2n) is 9.07. The first-order chi connectivity index (χ1) is 14.3. The molecule has 0 spiro atoms. The molecular weight excluding hydrogens is 360 g/mol.